The van der Waals surface area contributed by atoms with Crippen LogP contribution in [0.25, 0.3) is 11.1 Å². The Morgan fingerprint density at radius 2 is 1.90 bits per heavy atom. The molecule has 0 saturated heterocycles. The standard InChI is InChI=1S/C17H18O3/c1-3-19-20-12-16-10-13(2)4-9-17(16)15-7-5-14(11-18)6-8-15/h3-10,18H,1,11-12H2,2H3. The second-order valence-corrected chi connectivity index (χ2v) is 4.54. The van der Waals surface area contributed by atoms with Gasteiger partial charge in [0.2, 0.25) is 0 Å². The smallest absolute Gasteiger partial charge is 0.122 e. The van der Waals surface area contributed by atoms with Crippen molar-refractivity contribution in [3.63, 3.8) is 0 Å². The maximum Gasteiger partial charge on any atom is 0.122 e. The molecule has 0 aliphatic rings. The molecule has 0 atom stereocenters. The summed E-state index contributed by atoms with van der Waals surface area (Å²) in [4.78, 5) is 9.81. The minimum atomic E-state index is 0.0529. The van der Waals surface area contributed by atoms with Gasteiger partial charge in [-0.2, -0.15) is 4.89 Å². The van der Waals surface area contributed by atoms with Crippen LogP contribution in [0, 0.1) is 6.92 Å². The van der Waals surface area contributed by atoms with E-state index in [1.54, 1.807) is 0 Å². The molecule has 0 heterocycles. The van der Waals surface area contributed by atoms with Crippen molar-refractivity contribution in [2.24, 2.45) is 0 Å². The van der Waals surface area contributed by atoms with Gasteiger partial charge in [-0.25, -0.2) is 0 Å². The van der Waals surface area contributed by atoms with E-state index >= 15 is 0 Å². The first-order valence-electron chi connectivity index (χ1n) is 6.43. The molecule has 20 heavy (non-hydrogen) atoms. The van der Waals surface area contributed by atoms with Crippen LogP contribution < -0.4 is 0 Å². The molecule has 3 heteroatoms. The third kappa shape index (κ3) is 3.47. The van der Waals surface area contributed by atoms with Crippen molar-refractivity contribution in [1.82, 2.24) is 0 Å². The van der Waals surface area contributed by atoms with Gasteiger partial charge in [-0.05, 0) is 29.2 Å². The Kier molecular flexibility index (Phi) is 4.93. The molecule has 0 radical (unpaired) electrons. The van der Waals surface area contributed by atoms with E-state index in [0.717, 1.165) is 27.8 Å². The summed E-state index contributed by atoms with van der Waals surface area (Å²) in [5, 5.41) is 9.09. The lowest BCUT2D eigenvalue weighted by molar-refractivity contribution is -0.258. The van der Waals surface area contributed by atoms with Crippen LogP contribution in [0.15, 0.2) is 55.3 Å². The average molecular weight is 270 g/mol. The molecular weight excluding hydrogens is 252 g/mol. The summed E-state index contributed by atoms with van der Waals surface area (Å²) in [6, 6.07) is 14.0. The highest BCUT2D eigenvalue weighted by Gasteiger charge is 2.06. The highest BCUT2D eigenvalue weighted by Crippen LogP contribution is 2.26. The lowest BCUT2D eigenvalue weighted by Crippen LogP contribution is -1.95. The molecular formula is C17H18O3. The van der Waals surface area contributed by atoms with Crippen LogP contribution in [0.1, 0.15) is 16.7 Å². The van der Waals surface area contributed by atoms with Crippen LogP contribution in [0.2, 0.25) is 0 Å². The first-order valence-corrected chi connectivity index (χ1v) is 6.43. The van der Waals surface area contributed by atoms with Crippen LogP contribution in [0.4, 0.5) is 0 Å². The summed E-state index contributed by atoms with van der Waals surface area (Å²) in [5.41, 5.74) is 5.28. The fraction of sp³-hybridized carbons (Fsp3) is 0.176. The highest BCUT2D eigenvalue weighted by molar-refractivity contribution is 5.68. The Morgan fingerprint density at radius 3 is 2.55 bits per heavy atom. The molecule has 104 valence electrons. The van der Waals surface area contributed by atoms with Gasteiger partial charge in [0.15, 0.2) is 0 Å². The zero-order valence-electron chi connectivity index (χ0n) is 11.5. The largest absolute Gasteiger partial charge is 0.392 e. The van der Waals surface area contributed by atoms with Crippen molar-refractivity contribution in [2.75, 3.05) is 0 Å². The lowest BCUT2D eigenvalue weighted by Gasteiger charge is -2.11. The number of hydrogen-bond donors (Lipinski definition) is 1. The lowest BCUT2D eigenvalue weighted by atomic mass is 9.97. The maximum absolute atomic E-state index is 9.09. The van der Waals surface area contributed by atoms with E-state index in [-0.39, 0.29) is 6.61 Å². The topological polar surface area (TPSA) is 38.7 Å². The number of rotatable bonds is 6. The molecule has 2 aromatic rings. The number of aliphatic hydroxyl groups is 1. The number of aliphatic hydroxyl groups excluding tert-OH is 1. The predicted octanol–water partition coefficient (Wildman–Crippen LogP) is 3.75. The summed E-state index contributed by atoms with van der Waals surface area (Å²) >= 11 is 0. The number of aryl methyl sites for hydroxylation is 1. The molecule has 0 saturated carbocycles. The highest BCUT2D eigenvalue weighted by atomic mass is 17.2. The van der Waals surface area contributed by atoms with Crippen LogP contribution in [0.3, 0.4) is 0 Å². The van der Waals surface area contributed by atoms with Crippen molar-refractivity contribution < 1.29 is 14.9 Å². The quantitative estimate of drug-likeness (QED) is 0.376. The Bertz CT molecular complexity index is 573. The molecule has 0 fully saturated rings. The van der Waals surface area contributed by atoms with E-state index in [2.05, 4.69) is 24.8 Å². The number of hydrogen-bond acceptors (Lipinski definition) is 3. The van der Waals surface area contributed by atoms with E-state index in [0.29, 0.717) is 6.61 Å². The zero-order chi connectivity index (χ0) is 14.4. The van der Waals surface area contributed by atoms with Crippen molar-refractivity contribution in [2.45, 2.75) is 20.1 Å². The molecule has 0 amide bonds. The van der Waals surface area contributed by atoms with Gasteiger partial charge in [0.05, 0.1) is 6.61 Å². The van der Waals surface area contributed by atoms with Gasteiger partial charge in [0, 0.05) is 0 Å². The van der Waals surface area contributed by atoms with E-state index < -0.39 is 0 Å². The first-order chi connectivity index (χ1) is 9.74. The van der Waals surface area contributed by atoms with Gasteiger partial charge >= 0.3 is 0 Å². The second kappa shape index (κ2) is 6.89. The van der Waals surface area contributed by atoms with Gasteiger partial charge in [0.1, 0.15) is 12.9 Å². The SMILES string of the molecule is C=COOCc1cc(C)ccc1-c1ccc(CO)cc1. The summed E-state index contributed by atoms with van der Waals surface area (Å²) < 4.78 is 0. The molecule has 0 aliphatic carbocycles. The summed E-state index contributed by atoms with van der Waals surface area (Å²) in [5.74, 6) is 0. The Labute approximate surface area is 119 Å². The minimum absolute atomic E-state index is 0.0529. The van der Waals surface area contributed by atoms with E-state index in [4.69, 9.17) is 14.9 Å². The normalized spacial score (nSPS) is 10.3. The van der Waals surface area contributed by atoms with Crippen molar-refractivity contribution in [3.05, 3.63) is 72.0 Å². The minimum Gasteiger partial charge on any atom is -0.392 e. The van der Waals surface area contributed by atoms with Gasteiger partial charge < -0.3 is 9.99 Å². The maximum atomic E-state index is 9.09. The molecule has 2 rings (SSSR count). The Balaban J connectivity index is 2.30. The molecule has 0 bridgehead atoms. The van der Waals surface area contributed by atoms with Crippen molar-refractivity contribution >= 4 is 0 Å². The van der Waals surface area contributed by atoms with Crippen LogP contribution in [0.5, 0.6) is 0 Å². The molecule has 0 aliphatic heterocycles. The third-order valence-corrected chi connectivity index (χ3v) is 3.06. The molecule has 0 unspecified atom stereocenters. The molecule has 1 N–H and O–H groups in total. The fourth-order valence-corrected chi connectivity index (χ4v) is 2.06. The van der Waals surface area contributed by atoms with E-state index in [1.165, 1.54) is 6.26 Å². The van der Waals surface area contributed by atoms with E-state index in [1.807, 2.05) is 31.2 Å². The van der Waals surface area contributed by atoms with Crippen LogP contribution >= 0.6 is 0 Å². The molecule has 0 aromatic heterocycles. The second-order valence-electron chi connectivity index (χ2n) is 4.54. The monoisotopic (exact) mass is 270 g/mol. The predicted molar refractivity (Wildman–Crippen MR) is 78.6 cm³/mol. The molecule has 0 spiro atoms. The van der Waals surface area contributed by atoms with Crippen LogP contribution in [-0.4, -0.2) is 5.11 Å². The molecule has 2 aromatic carbocycles. The average Bonchev–Trinajstić information content (AvgIpc) is 2.48. The number of benzene rings is 2. The fourth-order valence-electron chi connectivity index (χ4n) is 2.06. The third-order valence-electron chi connectivity index (χ3n) is 3.06. The van der Waals surface area contributed by atoms with Gasteiger partial charge in [-0.3, -0.25) is 0 Å². The van der Waals surface area contributed by atoms with Gasteiger partial charge in [0.25, 0.3) is 0 Å². The van der Waals surface area contributed by atoms with Crippen LogP contribution in [-0.2, 0) is 23.0 Å². The van der Waals surface area contributed by atoms with E-state index in [9.17, 15) is 0 Å². The summed E-state index contributed by atoms with van der Waals surface area (Å²) in [6.45, 7) is 5.88. The molecule has 3 nitrogen and oxygen atoms in total. The first kappa shape index (κ1) is 14.3. The van der Waals surface area contributed by atoms with Crippen molar-refractivity contribution in [1.29, 1.82) is 0 Å². The Morgan fingerprint density at radius 1 is 1.15 bits per heavy atom. The van der Waals surface area contributed by atoms with Gasteiger partial charge in [-0.1, -0.05) is 54.6 Å². The summed E-state index contributed by atoms with van der Waals surface area (Å²) in [6.07, 6.45) is 1.26. The van der Waals surface area contributed by atoms with Gasteiger partial charge in [-0.15, -0.1) is 0 Å². The zero-order valence-corrected chi connectivity index (χ0v) is 11.5. The summed E-state index contributed by atoms with van der Waals surface area (Å²) in [7, 11) is 0. The Hall–Kier alpha value is -2.10. The van der Waals surface area contributed by atoms with Crippen molar-refractivity contribution in [3.8, 4) is 11.1 Å².